The van der Waals surface area contributed by atoms with Crippen LogP contribution in [0, 0.1) is 0 Å². The topological polar surface area (TPSA) is 105 Å². The molecule has 26 heavy (non-hydrogen) atoms. The highest BCUT2D eigenvalue weighted by Gasteiger charge is 2.16. The lowest BCUT2D eigenvalue weighted by atomic mass is 10.1. The summed E-state index contributed by atoms with van der Waals surface area (Å²) in [5.74, 6) is 0.540. The van der Waals surface area contributed by atoms with Crippen molar-refractivity contribution < 1.29 is 4.74 Å². The van der Waals surface area contributed by atoms with Gasteiger partial charge in [-0.1, -0.05) is 12.1 Å². The molecule has 0 aliphatic carbocycles. The second-order valence-corrected chi connectivity index (χ2v) is 6.71. The molecule has 0 bridgehead atoms. The highest BCUT2D eigenvalue weighted by molar-refractivity contribution is 6.08. The fourth-order valence-corrected chi connectivity index (χ4v) is 3.58. The van der Waals surface area contributed by atoms with Crippen LogP contribution in [0.15, 0.2) is 36.5 Å². The van der Waals surface area contributed by atoms with Gasteiger partial charge in [0.1, 0.15) is 5.82 Å². The molecule has 4 heterocycles. The van der Waals surface area contributed by atoms with E-state index in [1.807, 2.05) is 18.3 Å². The lowest BCUT2D eigenvalue weighted by Crippen LogP contribution is -2.28. The summed E-state index contributed by atoms with van der Waals surface area (Å²) < 4.78 is 5.41. The van der Waals surface area contributed by atoms with Crippen molar-refractivity contribution in [2.75, 3.05) is 18.9 Å². The Morgan fingerprint density at radius 1 is 1.23 bits per heavy atom. The van der Waals surface area contributed by atoms with Crippen LogP contribution in [0.4, 0.5) is 5.82 Å². The first-order valence-corrected chi connectivity index (χ1v) is 8.80. The monoisotopic (exact) mass is 348 g/mol. The van der Waals surface area contributed by atoms with Crippen LogP contribution in [0.2, 0.25) is 0 Å². The molecule has 1 aromatic carbocycles. The van der Waals surface area contributed by atoms with E-state index >= 15 is 0 Å². The molecule has 5 N–H and O–H groups in total. The number of nitrogens with two attached hydrogens (primary N) is 1. The largest absolute Gasteiger partial charge is 0.383 e. The molecule has 4 aromatic rings. The van der Waals surface area contributed by atoms with Crippen molar-refractivity contribution in [3.63, 3.8) is 0 Å². The molecule has 1 aliphatic heterocycles. The Balaban J connectivity index is 1.53. The van der Waals surface area contributed by atoms with Gasteiger partial charge in [0, 0.05) is 47.4 Å². The average Bonchev–Trinajstić information content (AvgIpc) is 3.40. The maximum Gasteiger partial charge on any atom is 0.133 e. The smallest absolute Gasteiger partial charge is 0.133 e. The van der Waals surface area contributed by atoms with Crippen LogP contribution >= 0.6 is 0 Å². The van der Waals surface area contributed by atoms with Crippen molar-refractivity contribution in [2.24, 2.45) is 0 Å². The normalized spacial score (nSPS) is 17.5. The van der Waals surface area contributed by atoms with Gasteiger partial charge in [0.2, 0.25) is 0 Å². The summed E-state index contributed by atoms with van der Waals surface area (Å²) in [6.07, 6.45) is 2.87. The number of nitrogens with zero attached hydrogens (tertiary/aromatic N) is 2. The molecule has 1 atom stereocenters. The number of H-pyrrole nitrogens is 2. The number of rotatable bonds is 4. The van der Waals surface area contributed by atoms with Crippen molar-refractivity contribution >= 4 is 27.6 Å². The van der Waals surface area contributed by atoms with E-state index in [-0.39, 0.29) is 0 Å². The first kappa shape index (κ1) is 15.4. The van der Waals surface area contributed by atoms with Crippen molar-refractivity contribution in [1.29, 1.82) is 0 Å². The summed E-state index contributed by atoms with van der Waals surface area (Å²) in [6, 6.07) is 10.6. The van der Waals surface area contributed by atoms with Gasteiger partial charge >= 0.3 is 0 Å². The summed E-state index contributed by atoms with van der Waals surface area (Å²) in [6.45, 7) is 2.38. The zero-order chi connectivity index (χ0) is 17.5. The number of ether oxygens (including phenoxy) is 1. The molecule has 1 saturated heterocycles. The van der Waals surface area contributed by atoms with Crippen LogP contribution in [0.3, 0.4) is 0 Å². The Kier molecular flexibility index (Phi) is 3.62. The molecular formula is C19H20N6O. The molecule has 5 rings (SSSR count). The van der Waals surface area contributed by atoms with Crippen molar-refractivity contribution in [3.05, 3.63) is 42.2 Å². The first-order chi connectivity index (χ1) is 12.8. The van der Waals surface area contributed by atoms with Crippen molar-refractivity contribution in [1.82, 2.24) is 25.5 Å². The summed E-state index contributed by atoms with van der Waals surface area (Å²) in [5.41, 5.74) is 11.1. The number of aromatic amines is 2. The van der Waals surface area contributed by atoms with Gasteiger partial charge in [0.25, 0.3) is 0 Å². The van der Waals surface area contributed by atoms with Gasteiger partial charge in [-0.3, -0.25) is 5.10 Å². The van der Waals surface area contributed by atoms with E-state index in [1.165, 1.54) is 0 Å². The quantitative estimate of drug-likeness (QED) is 0.454. The van der Waals surface area contributed by atoms with Gasteiger partial charge in [-0.25, -0.2) is 4.98 Å². The van der Waals surface area contributed by atoms with Crippen molar-refractivity contribution in [2.45, 2.75) is 19.0 Å². The lowest BCUT2D eigenvalue weighted by Gasteiger charge is -2.08. The maximum absolute atomic E-state index is 6.23. The van der Waals surface area contributed by atoms with Gasteiger partial charge < -0.3 is 20.8 Å². The Morgan fingerprint density at radius 3 is 3.00 bits per heavy atom. The predicted molar refractivity (Wildman–Crippen MR) is 102 cm³/mol. The maximum atomic E-state index is 6.23. The standard InChI is InChI=1S/C19H20N6O/c20-19-15-8-13(9-21-12-4-6-26-10-12)23-18(15)14-2-1-11(7-17(14)24-19)16-3-5-22-25-16/h1-3,5,7-8,12,21,23H,4,6,9-10H2,(H2,20,24)(H,22,25)/t12-/m0/s1. The average molecular weight is 348 g/mol. The molecule has 3 aromatic heterocycles. The fraction of sp³-hybridized carbons (Fsp3) is 0.263. The van der Waals surface area contributed by atoms with E-state index in [1.54, 1.807) is 0 Å². The van der Waals surface area contributed by atoms with E-state index in [0.717, 1.165) is 64.9 Å². The third-order valence-corrected chi connectivity index (χ3v) is 4.96. The summed E-state index contributed by atoms with van der Waals surface area (Å²) in [4.78, 5) is 8.12. The van der Waals surface area contributed by atoms with Crippen LogP contribution in [0.25, 0.3) is 33.1 Å². The van der Waals surface area contributed by atoms with E-state index in [4.69, 9.17) is 10.5 Å². The lowest BCUT2D eigenvalue weighted by molar-refractivity contribution is 0.189. The van der Waals surface area contributed by atoms with Crippen molar-refractivity contribution in [3.8, 4) is 11.3 Å². The molecule has 7 nitrogen and oxygen atoms in total. The predicted octanol–water partition coefficient (Wildman–Crippen LogP) is 2.57. The molecule has 132 valence electrons. The number of hydrogen-bond acceptors (Lipinski definition) is 5. The third-order valence-electron chi connectivity index (χ3n) is 4.96. The first-order valence-electron chi connectivity index (χ1n) is 8.80. The Bertz CT molecular complexity index is 1060. The number of pyridine rings is 1. The van der Waals surface area contributed by atoms with E-state index in [9.17, 15) is 0 Å². The minimum Gasteiger partial charge on any atom is -0.383 e. The molecule has 0 spiro atoms. The highest BCUT2D eigenvalue weighted by atomic mass is 16.5. The minimum atomic E-state index is 0.421. The molecule has 7 heteroatoms. The number of hydrogen-bond donors (Lipinski definition) is 4. The second-order valence-electron chi connectivity index (χ2n) is 6.71. The fourth-order valence-electron chi connectivity index (χ4n) is 3.58. The van der Waals surface area contributed by atoms with Crippen LogP contribution in [-0.2, 0) is 11.3 Å². The minimum absolute atomic E-state index is 0.421. The highest BCUT2D eigenvalue weighted by Crippen LogP contribution is 2.30. The Hall–Kier alpha value is -2.90. The van der Waals surface area contributed by atoms with Gasteiger partial charge in [-0.15, -0.1) is 0 Å². The van der Waals surface area contributed by atoms with Gasteiger partial charge in [-0.05, 0) is 24.6 Å². The number of aromatic nitrogens is 4. The molecule has 0 amide bonds. The summed E-state index contributed by atoms with van der Waals surface area (Å²) >= 11 is 0. The number of nitrogen functional groups attached to an aromatic ring is 1. The molecule has 1 aliphatic rings. The summed E-state index contributed by atoms with van der Waals surface area (Å²) in [7, 11) is 0. The molecular weight excluding hydrogens is 328 g/mol. The van der Waals surface area contributed by atoms with Gasteiger partial charge in [0.05, 0.1) is 23.3 Å². The van der Waals surface area contributed by atoms with Crippen LogP contribution in [0.1, 0.15) is 12.1 Å². The van der Waals surface area contributed by atoms with Gasteiger partial charge in [0.15, 0.2) is 0 Å². The van der Waals surface area contributed by atoms with E-state index in [2.05, 4.69) is 43.7 Å². The third kappa shape index (κ3) is 2.61. The molecule has 0 radical (unpaired) electrons. The Morgan fingerprint density at radius 2 is 2.19 bits per heavy atom. The van der Waals surface area contributed by atoms with Crippen LogP contribution < -0.4 is 11.1 Å². The Labute approximate surface area is 150 Å². The zero-order valence-electron chi connectivity index (χ0n) is 14.2. The van der Waals surface area contributed by atoms with Crippen LogP contribution in [-0.4, -0.2) is 39.4 Å². The number of fused-ring (bicyclic) bond motifs is 3. The molecule has 0 unspecified atom stereocenters. The van der Waals surface area contributed by atoms with E-state index in [0.29, 0.717) is 11.9 Å². The van der Waals surface area contributed by atoms with Gasteiger partial charge in [-0.2, -0.15) is 5.10 Å². The second kappa shape index (κ2) is 6.12. The SMILES string of the molecule is Nc1nc2cc(-c3cc[nH]n3)ccc2c2[nH]c(CN[C@H]3CCOC3)cc12. The number of nitrogens with one attached hydrogen (secondary N) is 3. The van der Waals surface area contributed by atoms with Crippen LogP contribution in [0.5, 0.6) is 0 Å². The molecule has 1 fully saturated rings. The number of anilines is 1. The molecule has 0 saturated carbocycles. The van der Waals surface area contributed by atoms with E-state index < -0.39 is 0 Å². The number of benzene rings is 1. The zero-order valence-corrected chi connectivity index (χ0v) is 14.2. The summed E-state index contributed by atoms with van der Waals surface area (Å²) in [5, 5.41) is 12.6.